The van der Waals surface area contributed by atoms with Gasteiger partial charge in [-0.2, -0.15) is 0 Å². The van der Waals surface area contributed by atoms with E-state index >= 15 is 0 Å². The second-order valence-electron chi connectivity index (χ2n) is 8.39. The van der Waals surface area contributed by atoms with Gasteiger partial charge >= 0.3 is 5.97 Å². The Labute approximate surface area is 160 Å². The molecule has 0 aromatic carbocycles. The molecule has 2 saturated carbocycles. The number of carbonyl (C=O) groups is 2. The van der Waals surface area contributed by atoms with E-state index in [0.29, 0.717) is 18.3 Å². The van der Waals surface area contributed by atoms with Crippen LogP contribution < -0.4 is 0 Å². The summed E-state index contributed by atoms with van der Waals surface area (Å²) in [6, 6.07) is 0. The van der Waals surface area contributed by atoms with E-state index in [4.69, 9.17) is 5.11 Å². The fourth-order valence-electron chi connectivity index (χ4n) is 5.29. The van der Waals surface area contributed by atoms with Crippen molar-refractivity contribution in [1.29, 1.82) is 0 Å². The van der Waals surface area contributed by atoms with Crippen molar-refractivity contribution in [2.75, 3.05) is 11.5 Å². The minimum atomic E-state index is -0.765. The van der Waals surface area contributed by atoms with Crippen molar-refractivity contribution < 1.29 is 19.8 Å². The largest absolute Gasteiger partial charge is 0.481 e. The lowest BCUT2D eigenvalue weighted by Crippen LogP contribution is -2.29. The number of thioether (sulfide) groups is 1. The van der Waals surface area contributed by atoms with Gasteiger partial charge in [0.2, 0.25) is 0 Å². The maximum atomic E-state index is 12.8. The minimum absolute atomic E-state index is 0.154. The van der Waals surface area contributed by atoms with Gasteiger partial charge in [-0.3, -0.25) is 9.59 Å². The number of Topliss-reactive ketones (excluding diaryl/α,β-unsaturated/α-hetero) is 1. The third kappa shape index (κ3) is 5.13. The van der Waals surface area contributed by atoms with Gasteiger partial charge in [-0.05, 0) is 49.2 Å². The first-order chi connectivity index (χ1) is 12.5. The summed E-state index contributed by atoms with van der Waals surface area (Å²) in [6.45, 7) is 0. The molecular weight excluding hydrogens is 348 g/mol. The van der Waals surface area contributed by atoms with E-state index in [0.717, 1.165) is 31.4 Å². The molecule has 2 fully saturated rings. The third-order valence-corrected chi connectivity index (χ3v) is 7.52. The standard InChI is InChI=1S/C21H32O4S/c22-18(7-6-14-4-2-1-3-5-14)21-17-11-15(8-9-26-13-20(24)25)10-16(17)12-19(21)23/h10,14,16-17,19,21,23H,1-9,11-13H2,(H,24,25)/t16-,17-,19-,21+/m1/s1. The zero-order valence-corrected chi connectivity index (χ0v) is 16.4. The third-order valence-electron chi connectivity index (χ3n) is 6.58. The summed E-state index contributed by atoms with van der Waals surface area (Å²) < 4.78 is 0. The second-order valence-corrected chi connectivity index (χ2v) is 9.50. The van der Waals surface area contributed by atoms with Gasteiger partial charge in [-0.15, -0.1) is 11.8 Å². The SMILES string of the molecule is O=C(O)CSCCC1=C[C@@H]2C[C@@H](O)[C@H](C(=O)CCC3CCCCC3)[C@@H]2C1. The Balaban J connectivity index is 1.46. The molecule has 3 aliphatic rings. The van der Waals surface area contributed by atoms with E-state index in [-0.39, 0.29) is 23.4 Å². The molecule has 0 saturated heterocycles. The number of aliphatic hydroxyl groups excluding tert-OH is 1. The lowest BCUT2D eigenvalue weighted by molar-refractivity contribution is -0.134. The fraction of sp³-hybridized carbons (Fsp3) is 0.810. The first-order valence-electron chi connectivity index (χ1n) is 10.2. The molecular formula is C21H32O4S. The molecule has 0 radical (unpaired) electrons. The van der Waals surface area contributed by atoms with Crippen molar-refractivity contribution in [3.8, 4) is 0 Å². The normalized spacial score (nSPS) is 31.7. The first-order valence-corrected chi connectivity index (χ1v) is 11.4. The van der Waals surface area contributed by atoms with E-state index in [1.807, 2.05) is 0 Å². The van der Waals surface area contributed by atoms with Crippen molar-refractivity contribution >= 4 is 23.5 Å². The highest BCUT2D eigenvalue weighted by Gasteiger charge is 2.47. The number of carboxylic acid groups (broad SMARTS) is 1. The van der Waals surface area contributed by atoms with Gasteiger partial charge in [-0.25, -0.2) is 0 Å². The fourth-order valence-corrected chi connectivity index (χ4v) is 6.01. The van der Waals surface area contributed by atoms with Crippen molar-refractivity contribution in [3.63, 3.8) is 0 Å². The second kappa shape index (κ2) is 9.41. The van der Waals surface area contributed by atoms with E-state index < -0.39 is 12.1 Å². The van der Waals surface area contributed by atoms with Gasteiger partial charge in [0, 0.05) is 12.3 Å². The molecule has 26 heavy (non-hydrogen) atoms. The molecule has 0 unspecified atom stereocenters. The molecule has 0 bridgehead atoms. The summed E-state index contributed by atoms with van der Waals surface area (Å²) >= 11 is 1.45. The zero-order valence-electron chi connectivity index (χ0n) is 15.6. The predicted octanol–water partition coefficient (Wildman–Crippen LogP) is 4.07. The average Bonchev–Trinajstić information content (AvgIpc) is 3.13. The van der Waals surface area contributed by atoms with E-state index in [9.17, 15) is 14.7 Å². The highest BCUT2D eigenvalue weighted by molar-refractivity contribution is 7.99. The summed E-state index contributed by atoms with van der Waals surface area (Å²) in [6.07, 6.45) is 12.5. The van der Waals surface area contributed by atoms with Crippen LogP contribution in [0.2, 0.25) is 0 Å². The number of carbonyl (C=O) groups excluding carboxylic acids is 1. The van der Waals surface area contributed by atoms with Gasteiger partial charge in [0.05, 0.1) is 11.9 Å². The molecule has 0 heterocycles. The van der Waals surface area contributed by atoms with Crippen molar-refractivity contribution in [2.45, 2.75) is 70.3 Å². The maximum absolute atomic E-state index is 12.8. The van der Waals surface area contributed by atoms with Crippen molar-refractivity contribution in [2.24, 2.45) is 23.7 Å². The Morgan fingerprint density at radius 2 is 1.96 bits per heavy atom. The molecule has 0 spiro atoms. The van der Waals surface area contributed by atoms with Crippen LogP contribution in [0.4, 0.5) is 0 Å². The van der Waals surface area contributed by atoms with Crippen LogP contribution in [0, 0.1) is 23.7 Å². The van der Waals surface area contributed by atoms with Crippen LogP contribution >= 0.6 is 11.8 Å². The first kappa shape index (κ1) is 19.9. The quantitative estimate of drug-likeness (QED) is 0.466. The topological polar surface area (TPSA) is 74.6 Å². The van der Waals surface area contributed by atoms with Gasteiger partial charge in [0.15, 0.2) is 0 Å². The van der Waals surface area contributed by atoms with Gasteiger partial charge in [0.1, 0.15) is 5.78 Å². The van der Waals surface area contributed by atoms with Gasteiger partial charge in [0.25, 0.3) is 0 Å². The smallest absolute Gasteiger partial charge is 0.313 e. The highest BCUT2D eigenvalue weighted by atomic mass is 32.2. The summed E-state index contributed by atoms with van der Waals surface area (Å²) in [4.78, 5) is 23.4. The number of ketones is 1. The molecule has 0 aromatic rings. The molecule has 4 atom stereocenters. The number of allylic oxidation sites excluding steroid dienone is 2. The van der Waals surface area contributed by atoms with Crippen LogP contribution in [0.25, 0.3) is 0 Å². The number of aliphatic hydroxyl groups is 1. The molecule has 0 aromatic heterocycles. The molecule has 146 valence electrons. The Morgan fingerprint density at radius 3 is 2.69 bits per heavy atom. The molecule has 4 nitrogen and oxygen atoms in total. The van der Waals surface area contributed by atoms with Gasteiger partial charge < -0.3 is 10.2 Å². The Kier molecular flexibility index (Phi) is 7.21. The van der Waals surface area contributed by atoms with Crippen LogP contribution in [0.3, 0.4) is 0 Å². The van der Waals surface area contributed by atoms with Crippen molar-refractivity contribution in [3.05, 3.63) is 11.6 Å². The predicted molar refractivity (Wildman–Crippen MR) is 104 cm³/mol. The summed E-state index contributed by atoms with van der Waals surface area (Å²) in [5.74, 6) is 1.65. The summed E-state index contributed by atoms with van der Waals surface area (Å²) in [7, 11) is 0. The number of hydrogen-bond acceptors (Lipinski definition) is 4. The Bertz CT molecular complexity index is 538. The van der Waals surface area contributed by atoms with Crippen LogP contribution in [-0.2, 0) is 9.59 Å². The zero-order chi connectivity index (χ0) is 18.5. The molecule has 0 aliphatic heterocycles. The van der Waals surface area contributed by atoms with Crippen LogP contribution in [0.1, 0.15) is 64.2 Å². The van der Waals surface area contributed by atoms with Crippen LogP contribution in [0.15, 0.2) is 11.6 Å². The minimum Gasteiger partial charge on any atom is -0.481 e. The number of hydrogen-bond donors (Lipinski definition) is 2. The molecule has 3 aliphatic carbocycles. The molecule has 5 heteroatoms. The summed E-state index contributed by atoms with van der Waals surface area (Å²) in [5.41, 5.74) is 1.36. The highest BCUT2D eigenvalue weighted by Crippen LogP contribution is 2.48. The average molecular weight is 381 g/mol. The van der Waals surface area contributed by atoms with E-state index in [1.54, 1.807) is 0 Å². The number of fused-ring (bicyclic) bond motifs is 1. The Morgan fingerprint density at radius 1 is 1.19 bits per heavy atom. The number of aliphatic carboxylic acids is 1. The number of rotatable bonds is 9. The van der Waals surface area contributed by atoms with Crippen molar-refractivity contribution in [1.82, 2.24) is 0 Å². The Hall–Kier alpha value is -0.810. The molecule has 3 rings (SSSR count). The monoisotopic (exact) mass is 380 g/mol. The lowest BCUT2D eigenvalue weighted by atomic mass is 9.81. The molecule has 0 amide bonds. The number of carboxylic acids is 1. The van der Waals surface area contributed by atoms with Crippen LogP contribution in [-0.4, -0.2) is 39.6 Å². The lowest BCUT2D eigenvalue weighted by Gasteiger charge is -2.24. The van der Waals surface area contributed by atoms with Crippen LogP contribution in [0.5, 0.6) is 0 Å². The van der Waals surface area contributed by atoms with Gasteiger partial charge in [-0.1, -0.05) is 43.8 Å². The van der Waals surface area contributed by atoms with E-state index in [2.05, 4.69) is 6.08 Å². The molecule has 2 N–H and O–H groups in total. The summed E-state index contributed by atoms with van der Waals surface area (Å²) in [5, 5.41) is 19.1. The maximum Gasteiger partial charge on any atom is 0.313 e. The van der Waals surface area contributed by atoms with E-state index in [1.165, 1.54) is 49.4 Å².